The van der Waals surface area contributed by atoms with Gasteiger partial charge in [0.25, 0.3) is 0 Å². The average molecular weight is 170 g/mol. The highest BCUT2D eigenvalue weighted by atomic mass is 14.4. The summed E-state index contributed by atoms with van der Waals surface area (Å²) < 4.78 is 0. The number of rotatable bonds is 5. The molecule has 0 saturated carbocycles. The number of nitrogens with two attached hydrogens (primary N) is 1. The topological polar surface area (TPSA) is 49.9 Å². The molecule has 0 aliphatic heterocycles. The molecule has 0 spiro atoms. The second-order valence-corrected chi connectivity index (χ2v) is 2.55. The van der Waals surface area contributed by atoms with Gasteiger partial charge >= 0.3 is 0 Å². The molecule has 3 N–H and O–H groups in total. The van der Waals surface area contributed by atoms with E-state index in [-0.39, 0.29) is 0 Å². The maximum Gasteiger partial charge on any atom is 0.0338 e. The van der Waals surface area contributed by atoms with Gasteiger partial charge in [-0.3, -0.25) is 0 Å². The third-order valence-electron chi connectivity index (χ3n) is 1.79. The first-order chi connectivity index (χ1) is 5.76. The average Bonchev–Trinajstić information content (AvgIpc) is 2.16. The molecule has 0 bridgehead atoms. The minimum absolute atomic E-state index is 0.447. The van der Waals surface area contributed by atoms with Crippen LogP contribution in [-0.2, 0) is 0 Å². The minimum atomic E-state index is 0.447. The predicted octanol–water partition coefficient (Wildman–Crippen LogP) is 2.59. The Bertz CT molecular complexity index is 119. The van der Waals surface area contributed by atoms with Crippen molar-refractivity contribution in [3.63, 3.8) is 0 Å². The van der Waals surface area contributed by atoms with Crippen molar-refractivity contribution in [1.29, 1.82) is 5.41 Å². The molecule has 0 aromatic heterocycles. The smallest absolute Gasteiger partial charge is 0.0338 e. The SMILES string of the molecule is C=CC(=N)C(CC)CCC.CN. The van der Waals surface area contributed by atoms with Gasteiger partial charge in [-0.25, -0.2) is 0 Å². The Kier molecular flexibility index (Phi) is 12.0. The highest BCUT2D eigenvalue weighted by Gasteiger charge is 2.06. The zero-order valence-electron chi connectivity index (χ0n) is 8.56. The lowest BCUT2D eigenvalue weighted by atomic mass is 9.95. The molecule has 0 rings (SSSR count). The minimum Gasteiger partial charge on any atom is -0.333 e. The summed E-state index contributed by atoms with van der Waals surface area (Å²) in [5, 5.41) is 7.48. The molecule has 1 unspecified atom stereocenters. The highest BCUT2D eigenvalue weighted by molar-refractivity contribution is 5.93. The second kappa shape index (κ2) is 10.4. The largest absolute Gasteiger partial charge is 0.333 e. The Morgan fingerprint density at radius 3 is 2.25 bits per heavy atom. The summed E-state index contributed by atoms with van der Waals surface area (Å²) >= 11 is 0. The molecule has 0 aliphatic rings. The number of hydrogen-bond acceptors (Lipinski definition) is 2. The third-order valence-corrected chi connectivity index (χ3v) is 1.79. The molecule has 0 saturated heterocycles. The van der Waals surface area contributed by atoms with Crippen molar-refractivity contribution in [2.24, 2.45) is 11.7 Å². The summed E-state index contributed by atoms with van der Waals surface area (Å²) in [6.07, 6.45) is 5.01. The van der Waals surface area contributed by atoms with Gasteiger partial charge in [0.15, 0.2) is 0 Å². The predicted molar refractivity (Wildman–Crippen MR) is 56.7 cm³/mol. The molecule has 2 nitrogen and oxygen atoms in total. The Hall–Kier alpha value is -0.630. The van der Waals surface area contributed by atoms with Gasteiger partial charge in [-0.1, -0.05) is 26.8 Å². The van der Waals surface area contributed by atoms with Gasteiger partial charge < -0.3 is 11.1 Å². The first kappa shape index (κ1) is 13.9. The van der Waals surface area contributed by atoms with Gasteiger partial charge in [-0.2, -0.15) is 0 Å². The summed E-state index contributed by atoms with van der Waals surface area (Å²) in [5.74, 6) is 0.447. The van der Waals surface area contributed by atoms with E-state index in [1.807, 2.05) is 0 Å². The molecule has 0 fully saturated rings. The molecular weight excluding hydrogens is 148 g/mol. The summed E-state index contributed by atoms with van der Waals surface area (Å²) in [5.41, 5.74) is 5.20. The lowest BCUT2D eigenvalue weighted by molar-refractivity contribution is 0.594. The van der Waals surface area contributed by atoms with Gasteiger partial charge in [0, 0.05) is 11.6 Å². The van der Waals surface area contributed by atoms with Crippen molar-refractivity contribution < 1.29 is 0 Å². The van der Waals surface area contributed by atoms with E-state index in [0.29, 0.717) is 11.6 Å². The van der Waals surface area contributed by atoms with E-state index in [4.69, 9.17) is 5.41 Å². The van der Waals surface area contributed by atoms with Crippen LogP contribution in [0.4, 0.5) is 0 Å². The van der Waals surface area contributed by atoms with E-state index < -0.39 is 0 Å². The van der Waals surface area contributed by atoms with Gasteiger partial charge in [0.1, 0.15) is 0 Å². The van der Waals surface area contributed by atoms with Crippen LogP contribution in [0.3, 0.4) is 0 Å². The van der Waals surface area contributed by atoms with Crippen LogP contribution in [0.15, 0.2) is 12.7 Å². The Labute approximate surface area is 76.4 Å². The summed E-state index contributed by atoms with van der Waals surface area (Å²) in [6.45, 7) is 7.86. The highest BCUT2D eigenvalue weighted by Crippen LogP contribution is 2.12. The van der Waals surface area contributed by atoms with Crippen LogP contribution >= 0.6 is 0 Å². The van der Waals surface area contributed by atoms with E-state index in [1.54, 1.807) is 6.08 Å². The van der Waals surface area contributed by atoms with Crippen LogP contribution in [0, 0.1) is 11.3 Å². The van der Waals surface area contributed by atoms with Crippen molar-refractivity contribution in [3.8, 4) is 0 Å². The summed E-state index contributed by atoms with van der Waals surface area (Å²) in [7, 11) is 1.50. The Morgan fingerprint density at radius 2 is 2.00 bits per heavy atom. The number of allylic oxidation sites excluding steroid dienone is 1. The van der Waals surface area contributed by atoms with Crippen LogP contribution in [0.2, 0.25) is 0 Å². The molecule has 0 amide bonds. The molecule has 1 atom stereocenters. The molecule has 2 heteroatoms. The van der Waals surface area contributed by atoms with Crippen molar-refractivity contribution >= 4 is 5.71 Å². The van der Waals surface area contributed by atoms with E-state index in [9.17, 15) is 0 Å². The number of nitrogens with one attached hydrogen (secondary N) is 1. The first-order valence-electron chi connectivity index (χ1n) is 4.54. The normalized spacial score (nSPS) is 11.0. The zero-order chi connectivity index (χ0) is 9.98. The van der Waals surface area contributed by atoms with E-state index in [1.165, 1.54) is 7.05 Å². The second-order valence-electron chi connectivity index (χ2n) is 2.55. The summed E-state index contributed by atoms with van der Waals surface area (Å²) in [6, 6.07) is 0. The Morgan fingerprint density at radius 1 is 1.50 bits per heavy atom. The number of hydrogen-bond donors (Lipinski definition) is 2. The van der Waals surface area contributed by atoms with E-state index >= 15 is 0 Å². The molecule has 12 heavy (non-hydrogen) atoms. The van der Waals surface area contributed by atoms with Crippen molar-refractivity contribution in [3.05, 3.63) is 12.7 Å². The maximum atomic E-state index is 7.48. The van der Waals surface area contributed by atoms with Crippen LogP contribution in [-0.4, -0.2) is 12.8 Å². The van der Waals surface area contributed by atoms with Gasteiger partial charge in [-0.15, -0.1) is 0 Å². The van der Waals surface area contributed by atoms with E-state index in [0.717, 1.165) is 19.3 Å². The fourth-order valence-corrected chi connectivity index (χ4v) is 1.09. The van der Waals surface area contributed by atoms with Gasteiger partial charge in [-0.05, 0) is 26.0 Å². The van der Waals surface area contributed by atoms with Gasteiger partial charge in [0.05, 0.1) is 0 Å². The molecular formula is C10H22N2. The molecule has 0 aliphatic carbocycles. The lowest BCUT2D eigenvalue weighted by Crippen LogP contribution is -2.08. The first-order valence-corrected chi connectivity index (χ1v) is 4.54. The quantitative estimate of drug-likeness (QED) is 0.612. The molecule has 0 radical (unpaired) electrons. The van der Waals surface area contributed by atoms with Crippen molar-refractivity contribution in [2.45, 2.75) is 33.1 Å². The van der Waals surface area contributed by atoms with E-state index in [2.05, 4.69) is 26.2 Å². The van der Waals surface area contributed by atoms with Crippen LogP contribution in [0.25, 0.3) is 0 Å². The Balaban J connectivity index is 0. The monoisotopic (exact) mass is 170 g/mol. The van der Waals surface area contributed by atoms with Gasteiger partial charge in [0.2, 0.25) is 0 Å². The lowest BCUT2D eigenvalue weighted by Gasteiger charge is -2.10. The third kappa shape index (κ3) is 6.10. The van der Waals surface area contributed by atoms with Crippen molar-refractivity contribution in [1.82, 2.24) is 0 Å². The standard InChI is InChI=1S/C9H17N.CH5N/c1-4-7-8(5-2)9(10)6-3;1-2/h6,8,10H,3-5,7H2,1-2H3;2H2,1H3. The summed E-state index contributed by atoms with van der Waals surface area (Å²) in [4.78, 5) is 0. The molecule has 0 aromatic carbocycles. The zero-order valence-corrected chi connectivity index (χ0v) is 8.56. The maximum absolute atomic E-state index is 7.48. The van der Waals surface area contributed by atoms with Crippen LogP contribution < -0.4 is 5.73 Å². The van der Waals surface area contributed by atoms with Crippen LogP contribution in [0.1, 0.15) is 33.1 Å². The molecule has 0 aromatic rings. The fourth-order valence-electron chi connectivity index (χ4n) is 1.09. The molecule has 72 valence electrons. The fraction of sp³-hybridized carbons (Fsp3) is 0.700. The molecule has 0 heterocycles. The van der Waals surface area contributed by atoms with Crippen molar-refractivity contribution in [2.75, 3.05) is 7.05 Å². The van der Waals surface area contributed by atoms with Crippen LogP contribution in [0.5, 0.6) is 0 Å².